The number of aliphatic hydroxyl groups is 1. The molecule has 0 bridgehead atoms. The first-order valence-corrected chi connectivity index (χ1v) is 5.49. The summed E-state index contributed by atoms with van der Waals surface area (Å²) in [5.41, 5.74) is -2.23. The summed E-state index contributed by atoms with van der Waals surface area (Å²) in [6.45, 7) is 2.40. The van der Waals surface area contributed by atoms with Gasteiger partial charge in [-0.15, -0.1) is 0 Å². The Morgan fingerprint density at radius 1 is 1.37 bits per heavy atom. The van der Waals surface area contributed by atoms with Crippen LogP contribution in [0, 0.1) is 6.92 Å². The molecule has 2 rings (SSSR count). The molecule has 19 heavy (non-hydrogen) atoms. The second kappa shape index (κ2) is 4.12. The largest absolute Gasteiger partial charge is 0.496 e. The number of pyridine rings is 1. The van der Waals surface area contributed by atoms with Crippen LogP contribution in [0.15, 0.2) is 18.5 Å². The van der Waals surface area contributed by atoms with Crippen molar-refractivity contribution in [2.24, 2.45) is 0 Å². The van der Waals surface area contributed by atoms with E-state index in [4.69, 9.17) is 4.74 Å². The van der Waals surface area contributed by atoms with Crippen molar-refractivity contribution >= 4 is 5.65 Å². The predicted octanol–water partition coefficient (Wildman–Crippen LogP) is 2.42. The zero-order valence-electron chi connectivity index (χ0n) is 10.6. The average Bonchev–Trinajstić information content (AvgIpc) is 2.67. The van der Waals surface area contributed by atoms with E-state index >= 15 is 0 Å². The first kappa shape index (κ1) is 13.7. The van der Waals surface area contributed by atoms with Gasteiger partial charge in [0.15, 0.2) is 5.60 Å². The van der Waals surface area contributed by atoms with Crippen molar-refractivity contribution in [1.29, 1.82) is 0 Å². The van der Waals surface area contributed by atoms with Gasteiger partial charge < -0.3 is 14.2 Å². The van der Waals surface area contributed by atoms with Crippen LogP contribution in [-0.2, 0) is 5.60 Å². The molecule has 0 fully saturated rings. The van der Waals surface area contributed by atoms with E-state index in [2.05, 4.69) is 4.98 Å². The molecular formula is C12H13F3N2O2. The molecule has 0 spiro atoms. The molecule has 2 aromatic rings. The number of nitrogens with zero attached hydrogens (tertiary/aromatic N) is 2. The third kappa shape index (κ3) is 2.03. The first-order chi connectivity index (χ1) is 8.68. The fourth-order valence-electron chi connectivity index (χ4n) is 1.81. The number of aromatic nitrogens is 2. The van der Waals surface area contributed by atoms with E-state index in [0.29, 0.717) is 18.3 Å². The second-order valence-corrected chi connectivity index (χ2v) is 4.45. The quantitative estimate of drug-likeness (QED) is 0.914. The van der Waals surface area contributed by atoms with Gasteiger partial charge in [-0.1, -0.05) is 0 Å². The Morgan fingerprint density at radius 2 is 2.00 bits per heavy atom. The number of imidazole rings is 1. The van der Waals surface area contributed by atoms with Gasteiger partial charge in [0, 0.05) is 24.2 Å². The number of halogens is 3. The molecule has 0 aromatic carbocycles. The van der Waals surface area contributed by atoms with Crippen LogP contribution in [0.1, 0.15) is 18.2 Å². The van der Waals surface area contributed by atoms with E-state index in [0.717, 1.165) is 0 Å². The summed E-state index contributed by atoms with van der Waals surface area (Å²) in [4.78, 5) is 4.03. The van der Waals surface area contributed by atoms with Crippen molar-refractivity contribution < 1.29 is 23.0 Å². The van der Waals surface area contributed by atoms with E-state index in [1.54, 1.807) is 6.92 Å². The average molecular weight is 274 g/mol. The summed E-state index contributed by atoms with van der Waals surface area (Å²) >= 11 is 0. The summed E-state index contributed by atoms with van der Waals surface area (Å²) in [6.07, 6.45) is -2.08. The highest BCUT2D eigenvalue weighted by Gasteiger charge is 2.52. The number of methoxy groups -OCH3 is 1. The maximum atomic E-state index is 12.9. The minimum Gasteiger partial charge on any atom is -0.496 e. The van der Waals surface area contributed by atoms with Gasteiger partial charge in [-0.3, -0.25) is 0 Å². The molecule has 0 aliphatic heterocycles. The van der Waals surface area contributed by atoms with Crippen LogP contribution in [0.3, 0.4) is 0 Å². The standard InChI is InChI=1S/C12H13F3N2O2/c1-7-5-16-10-4-9(19-3)8(6-17(7)10)11(2,18)12(13,14)15/h4-6,18H,1-3H3. The fourth-order valence-corrected chi connectivity index (χ4v) is 1.81. The van der Waals surface area contributed by atoms with E-state index in [-0.39, 0.29) is 11.3 Å². The van der Waals surface area contributed by atoms with E-state index in [1.807, 2.05) is 0 Å². The summed E-state index contributed by atoms with van der Waals surface area (Å²) in [5.74, 6) is -0.0552. The lowest BCUT2D eigenvalue weighted by Gasteiger charge is -2.28. The van der Waals surface area contributed by atoms with E-state index in [9.17, 15) is 18.3 Å². The van der Waals surface area contributed by atoms with Crippen molar-refractivity contribution in [3.05, 3.63) is 29.7 Å². The molecule has 1 N–H and O–H groups in total. The third-order valence-electron chi connectivity index (χ3n) is 3.09. The van der Waals surface area contributed by atoms with Gasteiger partial charge in [-0.2, -0.15) is 13.2 Å². The zero-order chi connectivity index (χ0) is 14.4. The fraction of sp³-hybridized carbons (Fsp3) is 0.417. The van der Waals surface area contributed by atoms with Gasteiger partial charge in [-0.05, 0) is 13.8 Å². The Hall–Kier alpha value is -1.76. The number of aryl methyl sites for hydroxylation is 1. The molecule has 0 saturated heterocycles. The molecule has 1 unspecified atom stereocenters. The Labute approximate surface area is 107 Å². The minimum absolute atomic E-state index is 0.0552. The van der Waals surface area contributed by atoms with Gasteiger partial charge >= 0.3 is 6.18 Å². The summed E-state index contributed by atoms with van der Waals surface area (Å²) in [5, 5.41) is 9.78. The lowest BCUT2D eigenvalue weighted by molar-refractivity contribution is -0.259. The molecule has 2 heterocycles. The molecule has 7 heteroatoms. The molecule has 0 amide bonds. The lowest BCUT2D eigenvalue weighted by Crippen LogP contribution is -2.39. The molecule has 1 atom stereocenters. The number of ether oxygens (including phenoxy) is 1. The van der Waals surface area contributed by atoms with Crippen molar-refractivity contribution in [3.63, 3.8) is 0 Å². The van der Waals surface area contributed by atoms with Crippen molar-refractivity contribution in [2.45, 2.75) is 25.6 Å². The van der Waals surface area contributed by atoms with Gasteiger partial charge in [0.25, 0.3) is 0 Å². The first-order valence-electron chi connectivity index (χ1n) is 5.49. The van der Waals surface area contributed by atoms with Gasteiger partial charge in [0.2, 0.25) is 0 Å². The molecule has 0 saturated carbocycles. The maximum Gasteiger partial charge on any atom is 0.421 e. The highest BCUT2D eigenvalue weighted by Crippen LogP contribution is 2.42. The monoisotopic (exact) mass is 274 g/mol. The van der Waals surface area contributed by atoms with Crippen LogP contribution < -0.4 is 4.74 Å². The molecule has 2 aromatic heterocycles. The predicted molar refractivity (Wildman–Crippen MR) is 62.1 cm³/mol. The normalized spacial score (nSPS) is 15.5. The van der Waals surface area contributed by atoms with Gasteiger partial charge in [-0.25, -0.2) is 4.98 Å². The Balaban J connectivity index is 2.74. The molecule has 4 nitrogen and oxygen atoms in total. The number of hydrogen-bond acceptors (Lipinski definition) is 3. The van der Waals surface area contributed by atoms with Crippen LogP contribution >= 0.6 is 0 Å². The minimum atomic E-state index is -4.80. The summed E-state index contributed by atoms with van der Waals surface area (Å²) in [6, 6.07) is 1.36. The van der Waals surface area contributed by atoms with Gasteiger partial charge in [0.05, 0.1) is 12.7 Å². The van der Waals surface area contributed by atoms with Crippen LogP contribution in [-0.4, -0.2) is 27.8 Å². The van der Waals surface area contributed by atoms with Gasteiger partial charge in [0.1, 0.15) is 11.4 Å². The van der Waals surface area contributed by atoms with Crippen LogP contribution in [0.2, 0.25) is 0 Å². The molecule has 104 valence electrons. The maximum absolute atomic E-state index is 12.9. The van der Waals surface area contributed by atoms with Crippen LogP contribution in [0.25, 0.3) is 5.65 Å². The SMILES string of the molecule is COc1cc2ncc(C)n2cc1C(C)(O)C(F)(F)F. The molecule has 0 aliphatic carbocycles. The third-order valence-corrected chi connectivity index (χ3v) is 3.09. The smallest absolute Gasteiger partial charge is 0.421 e. The topological polar surface area (TPSA) is 46.8 Å². The highest BCUT2D eigenvalue weighted by molar-refractivity contribution is 5.51. The summed E-state index contributed by atoms with van der Waals surface area (Å²) < 4.78 is 45.2. The molecule has 0 aliphatic rings. The van der Waals surface area contributed by atoms with E-state index in [1.165, 1.54) is 30.0 Å². The van der Waals surface area contributed by atoms with E-state index < -0.39 is 11.8 Å². The zero-order valence-corrected chi connectivity index (χ0v) is 10.6. The number of fused-ring (bicyclic) bond motifs is 1. The Kier molecular flexibility index (Phi) is 2.97. The lowest BCUT2D eigenvalue weighted by atomic mass is 9.96. The number of rotatable bonds is 2. The van der Waals surface area contributed by atoms with Crippen molar-refractivity contribution in [2.75, 3.05) is 7.11 Å². The highest BCUT2D eigenvalue weighted by atomic mass is 19.4. The second-order valence-electron chi connectivity index (χ2n) is 4.45. The summed E-state index contributed by atoms with van der Waals surface area (Å²) in [7, 11) is 1.25. The van der Waals surface area contributed by atoms with Crippen LogP contribution in [0.4, 0.5) is 13.2 Å². The number of hydrogen-bond donors (Lipinski definition) is 1. The van der Waals surface area contributed by atoms with Crippen LogP contribution in [0.5, 0.6) is 5.75 Å². The molecular weight excluding hydrogens is 261 g/mol. The Bertz CT molecular complexity index is 617. The number of alkyl halides is 3. The van der Waals surface area contributed by atoms with Crippen molar-refractivity contribution in [1.82, 2.24) is 9.38 Å². The van der Waals surface area contributed by atoms with Crippen molar-refractivity contribution in [3.8, 4) is 5.75 Å². The molecule has 0 radical (unpaired) electrons. The Morgan fingerprint density at radius 3 is 2.53 bits per heavy atom.